The van der Waals surface area contributed by atoms with Crippen molar-refractivity contribution in [2.24, 2.45) is 0 Å². The quantitative estimate of drug-likeness (QED) is 0.847. The molecule has 1 amide bonds. The molecule has 21 heavy (non-hydrogen) atoms. The number of carbonyl (C=O) groups is 1. The third-order valence-corrected chi connectivity index (χ3v) is 3.73. The summed E-state index contributed by atoms with van der Waals surface area (Å²) in [7, 11) is 0. The van der Waals surface area contributed by atoms with Crippen molar-refractivity contribution >= 4 is 11.6 Å². The molecule has 0 aliphatic carbocycles. The molecule has 0 saturated heterocycles. The summed E-state index contributed by atoms with van der Waals surface area (Å²) in [5.41, 5.74) is 8.66. The van der Waals surface area contributed by atoms with Crippen LogP contribution in [-0.2, 0) is 16.8 Å². The Bertz CT molecular complexity index is 633. The van der Waals surface area contributed by atoms with Gasteiger partial charge in [-0.2, -0.15) is 0 Å². The second-order valence-electron chi connectivity index (χ2n) is 5.70. The Kier molecular flexibility index (Phi) is 4.26. The van der Waals surface area contributed by atoms with Gasteiger partial charge in [0.05, 0.1) is 17.7 Å². The van der Waals surface area contributed by atoms with Crippen LogP contribution in [0.1, 0.15) is 30.7 Å². The summed E-state index contributed by atoms with van der Waals surface area (Å²) in [6.07, 6.45) is 1.74. The predicted molar refractivity (Wildman–Crippen MR) is 84.7 cm³/mol. The zero-order valence-corrected chi connectivity index (χ0v) is 12.7. The van der Waals surface area contributed by atoms with Crippen LogP contribution in [0, 0.1) is 6.92 Å². The van der Waals surface area contributed by atoms with Crippen LogP contribution in [-0.4, -0.2) is 10.9 Å². The van der Waals surface area contributed by atoms with Crippen LogP contribution in [0.3, 0.4) is 0 Å². The molecule has 110 valence electrons. The van der Waals surface area contributed by atoms with E-state index in [4.69, 9.17) is 5.73 Å². The minimum absolute atomic E-state index is 0.0303. The van der Waals surface area contributed by atoms with Crippen molar-refractivity contribution in [1.29, 1.82) is 0 Å². The van der Waals surface area contributed by atoms with E-state index < -0.39 is 5.41 Å². The van der Waals surface area contributed by atoms with E-state index in [2.05, 4.69) is 10.3 Å². The van der Waals surface area contributed by atoms with E-state index in [-0.39, 0.29) is 5.91 Å². The van der Waals surface area contributed by atoms with Crippen molar-refractivity contribution in [2.75, 3.05) is 5.73 Å². The molecule has 3 N–H and O–H groups in total. The first kappa shape index (κ1) is 15.0. The summed E-state index contributed by atoms with van der Waals surface area (Å²) in [4.78, 5) is 16.8. The van der Waals surface area contributed by atoms with Crippen LogP contribution >= 0.6 is 0 Å². The van der Waals surface area contributed by atoms with E-state index in [0.29, 0.717) is 12.2 Å². The fourth-order valence-corrected chi connectivity index (χ4v) is 2.12. The van der Waals surface area contributed by atoms with Crippen LogP contribution in [0.15, 0.2) is 42.6 Å². The van der Waals surface area contributed by atoms with Gasteiger partial charge in [0.2, 0.25) is 5.91 Å². The zero-order valence-electron chi connectivity index (χ0n) is 12.7. The Morgan fingerprint density at radius 1 is 1.24 bits per heavy atom. The molecule has 0 saturated carbocycles. The molecular formula is C17H21N3O. The van der Waals surface area contributed by atoms with E-state index in [1.54, 1.807) is 6.20 Å². The molecule has 4 heteroatoms. The number of hydrogen-bond acceptors (Lipinski definition) is 3. The standard InChI is InChI=1S/C17H21N3O/c1-12-5-4-10-19-15(12)11-20-16(21)17(2,3)13-6-8-14(18)9-7-13/h4-10H,11,18H2,1-3H3,(H,20,21). The van der Waals surface area contributed by atoms with Gasteiger partial charge >= 0.3 is 0 Å². The van der Waals surface area contributed by atoms with Gasteiger partial charge in [-0.1, -0.05) is 18.2 Å². The third kappa shape index (κ3) is 3.40. The van der Waals surface area contributed by atoms with Gasteiger partial charge in [0.15, 0.2) is 0 Å². The lowest BCUT2D eigenvalue weighted by Crippen LogP contribution is -2.39. The number of amides is 1. The summed E-state index contributed by atoms with van der Waals surface area (Å²) >= 11 is 0. The average molecular weight is 283 g/mol. The average Bonchev–Trinajstić information content (AvgIpc) is 2.46. The highest BCUT2D eigenvalue weighted by Gasteiger charge is 2.29. The molecule has 0 aliphatic rings. The summed E-state index contributed by atoms with van der Waals surface area (Å²) < 4.78 is 0. The highest BCUT2D eigenvalue weighted by atomic mass is 16.2. The van der Waals surface area contributed by atoms with Gasteiger partial charge in [0.1, 0.15) is 0 Å². The first-order valence-corrected chi connectivity index (χ1v) is 6.96. The Balaban J connectivity index is 2.08. The minimum Gasteiger partial charge on any atom is -0.399 e. The molecule has 0 unspecified atom stereocenters. The maximum Gasteiger partial charge on any atom is 0.230 e. The first-order valence-electron chi connectivity index (χ1n) is 6.96. The number of aryl methyl sites for hydroxylation is 1. The maximum atomic E-state index is 12.5. The Hall–Kier alpha value is -2.36. The molecule has 1 aromatic heterocycles. The summed E-state index contributed by atoms with van der Waals surface area (Å²) in [5, 5.41) is 2.96. The molecule has 0 radical (unpaired) electrons. The third-order valence-electron chi connectivity index (χ3n) is 3.73. The van der Waals surface area contributed by atoms with Crippen molar-refractivity contribution in [3.63, 3.8) is 0 Å². The Labute approximate surface area is 125 Å². The topological polar surface area (TPSA) is 68.0 Å². The van der Waals surface area contributed by atoms with Crippen molar-refractivity contribution in [3.8, 4) is 0 Å². The number of anilines is 1. The van der Waals surface area contributed by atoms with Crippen LogP contribution in [0.25, 0.3) is 0 Å². The number of nitrogens with one attached hydrogen (secondary N) is 1. The Morgan fingerprint density at radius 3 is 2.52 bits per heavy atom. The molecule has 4 nitrogen and oxygen atoms in total. The van der Waals surface area contributed by atoms with Gasteiger partial charge in [0.25, 0.3) is 0 Å². The van der Waals surface area contributed by atoms with E-state index in [9.17, 15) is 4.79 Å². The Morgan fingerprint density at radius 2 is 1.90 bits per heavy atom. The number of nitrogens with zero attached hydrogens (tertiary/aromatic N) is 1. The van der Waals surface area contributed by atoms with Gasteiger partial charge in [-0.25, -0.2) is 0 Å². The molecule has 0 bridgehead atoms. The van der Waals surface area contributed by atoms with Gasteiger partial charge in [0, 0.05) is 11.9 Å². The zero-order chi connectivity index (χ0) is 15.5. The second kappa shape index (κ2) is 5.95. The largest absolute Gasteiger partial charge is 0.399 e. The normalized spacial score (nSPS) is 11.2. The van der Waals surface area contributed by atoms with Crippen molar-refractivity contribution in [1.82, 2.24) is 10.3 Å². The van der Waals surface area contributed by atoms with E-state index >= 15 is 0 Å². The van der Waals surface area contributed by atoms with Crippen LogP contribution < -0.4 is 11.1 Å². The molecule has 1 aromatic carbocycles. The highest BCUT2D eigenvalue weighted by molar-refractivity contribution is 5.87. The lowest BCUT2D eigenvalue weighted by Gasteiger charge is -2.24. The molecular weight excluding hydrogens is 262 g/mol. The number of carbonyl (C=O) groups excluding carboxylic acids is 1. The van der Waals surface area contributed by atoms with Crippen LogP contribution in [0.5, 0.6) is 0 Å². The molecule has 1 heterocycles. The van der Waals surface area contributed by atoms with Gasteiger partial charge in [-0.3, -0.25) is 9.78 Å². The lowest BCUT2D eigenvalue weighted by molar-refractivity contribution is -0.125. The van der Waals surface area contributed by atoms with E-state index in [1.807, 2.05) is 57.2 Å². The van der Waals surface area contributed by atoms with Crippen molar-refractivity contribution in [2.45, 2.75) is 32.7 Å². The second-order valence-corrected chi connectivity index (χ2v) is 5.70. The van der Waals surface area contributed by atoms with Crippen molar-refractivity contribution in [3.05, 3.63) is 59.4 Å². The number of hydrogen-bond donors (Lipinski definition) is 2. The van der Waals surface area contributed by atoms with Crippen LogP contribution in [0.2, 0.25) is 0 Å². The number of nitrogens with two attached hydrogens (primary N) is 1. The molecule has 0 fully saturated rings. The van der Waals surface area contributed by atoms with Gasteiger partial charge in [-0.15, -0.1) is 0 Å². The van der Waals surface area contributed by atoms with E-state index in [0.717, 1.165) is 16.8 Å². The number of rotatable bonds is 4. The maximum absolute atomic E-state index is 12.5. The monoisotopic (exact) mass is 283 g/mol. The fraction of sp³-hybridized carbons (Fsp3) is 0.294. The first-order chi connectivity index (χ1) is 9.91. The number of aromatic nitrogens is 1. The van der Waals surface area contributed by atoms with Crippen LogP contribution in [0.4, 0.5) is 5.69 Å². The lowest BCUT2D eigenvalue weighted by atomic mass is 9.83. The molecule has 2 aromatic rings. The highest BCUT2D eigenvalue weighted by Crippen LogP contribution is 2.24. The minimum atomic E-state index is -0.615. The SMILES string of the molecule is Cc1cccnc1CNC(=O)C(C)(C)c1ccc(N)cc1. The van der Waals surface area contributed by atoms with Gasteiger partial charge < -0.3 is 11.1 Å². The summed E-state index contributed by atoms with van der Waals surface area (Å²) in [5.74, 6) is -0.0303. The fourth-order valence-electron chi connectivity index (χ4n) is 2.12. The van der Waals surface area contributed by atoms with Crippen molar-refractivity contribution < 1.29 is 4.79 Å². The summed E-state index contributed by atoms with van der Waals surface area (Å²) in [6, 6.07) is 11.3. The van der Waals surface area contributed by atoms with E-state index in [1.165, 1.54) is 0 Å². The molecule has 2 rings (SSSR count). The molecule has 0 aliphatic heterocycles. The van der Waals surface area contributed by atoms with Gasteiger partial charge in [-0.05, 0) is 50.1 Å². The molecule has 0 atom stereocenters. The predicted octanol–water partition coefficient (Wildman–Crippen LogP) is 2.57. The number of benzene rings is 1. The number of nitrogen functional groups attached to an aromatic ring is 1. The number of pyridine rings is 1. The smallest absolute Gasteiger partial charge is 0.230 e. The summed E-state index contributed by atoms with van der Waals surface area (Å²) in [6.45, 7) is 6.22. The molecule has 0 spiro atoms.